The molecule has 1 heterocycles. The van der Waals surface area contributed by atoms with Gasteiger partial charge < -0.3 is 0 Å². The van der Waals surface area contributed by atoms with E-state index < -0.39 is 0 Å². The highest BCUT2D eigenvalue weighted by molar-refractivity contribution is 5.33. The van der Waals surface area contributed by atoms with Gasteiger partial charge in [-0.3, -0.25) is 15.0 Å². The molecule has 6 heteroatoms. The lowest BCUT2D eigenvalue weighted by Crippen LogP contribution is -2.24. The van der Waals surface area contributed by atoms with Gasteiger partial charge in [0.25, 0.3) is 5.69 Å². The molecular formula is C20H20N4O2. The Kier molecular flexibility index (Phi) is 4.50. The number of nitrogens with zero attached hydrogens (tertiary/aromatic N) is 4. The molecule has 3 aromatic rings. The van der Waals surface area contributed by atoms with E-state index in [1.165, 1.54) is 18.4 Å². The Morgan fingerprint density at radius 3 is 2.38 bits per heavy atom. The Hall–Kier alpha value is -2.99. The number of rotatable bonds is 7. The monoisotopic (exact) mass is 348 g/mol. The van der Waals surface area contributed by atoms with Gasteiger partial charge in [0, 0.05) is 43.0 Å². The van der Waals surface area contributed by atoms with E-state index in [9.17, 15) is 10.1 Å². The van der Waals surface area contributed by atoms with Gasteiger partial charge in [-0.25, -0.2) is 4.68 Å². The van der Waals surface area contributed by atoms with Crippen molar-refractivity contribution in [2.24, 2.45) is 0 Å². The number of nitro benzene ring substituents is 1. The average molecular weight is 348 g/mol. The molecule has 4 rings (SSSR count). The maximum Gasteiger partial charge on any atom is 0.269 e. The molecule has 1 saturated carbocycles. The standard InChI is InChI=1S/C20H20N4O2/c25-24(26)20-8-6-16(7-9-20)13-22(18-10-11-18)14-17-12-21-23(15-17)19-4-2-1-3-5-19/h1-9,12,15,18H,10-11,13-14H2. The van der Waals surface area contributed by atoms with Crippen LogP contribution in [0.4, 0.5) is 5.69 Å². The second kappa shape index (κ2) is 7.09. The zero-order chi connectivity index (χ0) is 17.9. The second-order valence-corrected chi connectivity index (χ2v) is 6.69. The molecule has 1 aliphatic rings. The maximum absolute atomic E-state index is 10.8. The van der Waals surface area contributed by atoms with Crippen molar-refractivity contribution in [1.29, 1.82) is 0 Å². The summed E-state index contributed by atoms with van der Waals surface area (Å²) in [6.07, 6.45) is 6.40. The molecule has 26 heavy (non-hydrogen) atoms. The van der Waals surface area contributed by atoms with Gasteiger partial charge in [-0.2, -0.15) is 5.10 Å². The summed E-state index contributed by atoms with van der Waals surface area (Å²) in [5, 5.41) is 15.3. The van der Waals surface area contributed by atoms with Crippen molar-refractivity contribution in [3.05, 3.63) is 88.2 Å². The van der Waals surface area contributed by atoms with E-state index in [0.29, 0.717) is 6.04 Å². The van der Waals surface area contributed by atoms with Crippen LogP contribution in [-0.2, 0) is 13.1 Å². The number of aromatic nitrogens is 2. The lowest BCUT2D eigenvalue weighted by molar-refractivity contribution is -0.384. The summed E-state index contributed by atoms with van der Waals surface area (Å²) in [7, 11) is 0. The summed E-state index contributed by atoms with van der Waals surface area (Å²) in [4.78, 5) is 12.9. The third-order valence-electron chi connectivity index (χ3n) is 4.64. The molecule has 2 aromatic carbocycles. The summed E-state index contributed by atoms with van der Waals surface area (Å²) in [5.41, 5.74) is 3.45. The summed E-state index contributed by atoms with van der Waals surface area (Å²) in [5.74, 6) is 0. The molecule has 0 spiro atoms. The van der Waals surface area contributed by atoms with Crippen LogP contribution >= 0.6 is 0 Å². The number of benzene rings is 2. The van der Waals surface area contributed by atoms with Crippen molar-refractivity contribution in [2.45, 2.75) is 32.0 Å². The van der Waals surface area contributed by atoms with Gasteiger partial charge in [0.2, 0.25) is 0 Å². The minimum absolute atomic E-state index is 0.135. The zero-order valence-corrected chi connectivity index (χ0v) is 14.4. The highest BCUT2D eigenvalue weighted by atomic mass is 16.6. The Bertz CT molecular complexity index is 886. The Labute approximate surface area is 151 Å². The summed E-state index contributed by atoms with van der Waals surface area (Å²) < 4.78 is 1.90. The van der Waals surface area contributed by atoms with Gasteiger partial charge >= 0.3 is 0 Å². The molecule has 0 saturated heterocycles. The maximum atomic E-state index is 10.8. The van der Waals surface area contributed by atoms with Gasteiger partial charge in [0.15, 0.2) is 0 Å². The lowest BCUT2D eigenvalue weighted by atomic mass is 10.2. The van der Waals surface area contributed by atoms with Crippen molar-refractivity contribution in [3.63, 3.8) is 0 Å². The molecule has 1 aromatic heterocycles. The quantitative estimate of drug-likeness (QED) is 0.479. The van der Waals surface area contributed by atoms with Crippen LogP contribution < -0.4 is 0 Å². The number of nitro groups is 1. The van der Waals surface area contributed by atoms with Gasteiger partial charge in [-0.1, -0.05) is 30.3 Å². The highest BCUT2D eigenvalue weighted by Gasteiger charge is 2.29. The van der Waals surface area contributed by atoms with E-state index in [1.54, 1.807) is 12.1 Å². The smallest absolute Gasteiger partial charge is 0.269 e. The molecule has 0 radical (unpaired) electrons. The van der Waals surface area contributed by atoms with Crippen LogP contribution in [0.3, 0.4) is 0 Å². The van der Waals surface area contributed by atoms with Crippen LogP contribution in [0.15, 0.2) is 67.0 Å². The third-order valence-corrected chi connectivity index (χ3v) is 4.64. The SMILES string of the molecule is O=[N+]([O-])c1ccc(CN(Cc2cnn(-c3ccccc3)c2)C2CC2)cc1. The van der Waals surface area contributed by atoms with Gasteiger partial charge in [-0.15, -0.1) is 0 Å². The number of para-hydroxylation sites is 1. The van der Waals surface area contributed by atoms with Crippen molar-refractivity contribution in [2.75, 3.05) is 0 Å². The van der Waals surface area contributed by atoms with Crippen molar-refractivity contribution < 1.29 is 4.92 Å². The van der Waals surface area contributed by atoms with E-state index in [-0.39, 0.29) is 10.6 Å². The predicted octanol–water partition coefficient (Wildman–Crippen LogP) is 3.95. The fourth-order valence-corrected chi connectivity index (χ4v) is 3.11. The van der Waals surface area contributed by atoms with E-state index in [4.69, 9.17) is 0 Å². The van der Waals surface area contributed by atoms with Crippen LogP contribution in [0.5, 0.6) is 0 Å². The van der Waals surface area contributed by atoms with Gasteiger partial charge in [0.05, 0.1) is 16.8 Å². The molecular weight excluding hydrogens is 328 g/mol. The molecule has 1 fully saturated rings. The molecule has 0 bridgehead atoms. The predicted molar refractivity (Wildman–Crippen MR) is 98.9 cm³/mol. The van der Waals surface area contributed by atoms with E-state index in [1.807, 2.05) is 53.3 Å². The van der Waals surface area contributed by atoms with Gasteiger partial charge in [0.1, 0.15) is 0 Å². The second-order valence-electron chi connectivity index (χ2n) is 6.69. The largest absolute Gasteiger partial charge is 0.292 e. The van der Waals surface area contributed by atoms with Crippen molar-refractivity contribution >= 4 is 5.69 Å². The fourth-order valence-electron chi connectivity index (χ4n) is 3.11. The van der Waals surface area contributed by atoms with Gasteiger partial charge in [-0.05, 0) is 30.5 Å². The lowest BCUT2D eigenvalue weighted by Gasteiger charge is -2.21. The molecule has 1 aliphatic carbocycles. The number of non-ortho nitro benzene ring substituents is 1. The molecule has 0 atom stereocenters. The first-order chi connectivity index (χ1) is 12.7. The molecule has 6 nitrogen and oxygen atoms in total. The Balaban J connectivity index is 1.46. The molecule has 0 unspecified atom stereocenters. The molecule has 0 amide bonds. The fraction of sp³-hybridized carbons (Fsp3) is 0.250. The first-order valence-corrected chi connectivity index (χ1v) is 8.75. The Morgan fingerprint density at radius 2 is 1.73 bits per heavy atom. The summed E-state index contributed by atoms with van der Waals surface area (Å²) in [6.45, 7) is 1.62. The van der Waals surface area contributed by atoms with Crippen molar-refractivity contribution in [1.82, 2.24) is 14.7 Å². The Morgan fingerprint density at radius 1 is 1.04 bits per heavy atom. The van der Waals surface area contributed by atoms with Crippen LogP contribution in [-0.4, -0.2) is 25.6 Å². The minimum atomic E-state index is -0.361. The first kappa shape index (κ1) is 16.5. The minimum Gasteiger partial charge on any atom is -0.292 e. The topological polar surface area (TPSA) is 64.2 Å². The average Bonchev–Trinajstić information content (AvgIpc) is 3.41. The third kappa shape index (κ3) is 3.81. The van der Waals surface area contributed by atoms with E-state index in [0.717, 1.165) is 24.3 Å². The normalized spacial score (nSPS) is 13.9. The van der Waals surface area contributed by atoms with E-state index >= 15 is 0 Å². The zero-order valence-electron chi connectivity index (χ0n) is 14.4. The number of hydrogen-bond donors (Lipinski definition) is 0. The van der Waals surface area contributed by atoms with Crippen LogP contribution in [0.1, 0.15) is 24.0 Å². The van der Waals surface area contributed by atoms with Crippen LogP contribution in [0.2, 0.25) is 0 Å². The van der Waals surface area contributed by atoms with Crippen molar-refractivity contribution in [3.8, 4) is 5.69 Å². The first-order valence-electron chi connectivity index (χ1n) is 8.75. The summed E-state index contributed by atoms with van der Waals surface area (Å²) >= 11 is 0. The number of hydrogen-bond acceptors (Lipinski definition) is 4. The highest BCUT2D eigenvalue weighted by Crippen LogP contribution is 2.30. The van der Waals surface area contributed by atoms with E-state index in [2.05, 4.69) is 16.2 Å². The van der Waals surface area contributed by atoms with Crippen LogP contribution in [0.25, 0.3) is 5.69 Å². The molecule has 0 aliphatic heterocycles. The summed E-state index contributed by atoms with van der Waals surface area (Å²) in [6, 6.07) is 17.5. The molecule has 132 valence electrons. The van der Waals surface area contributed by atoms with Crippen LogP contribution in [0, 0.1) is 10.1 Å². The molecule has 0 N–H and O–H groups in total.